The minimum absolute atomic E-state index is 0.624. The molecule has 1 N–H and O–H groups in total. The summed E-state index contributed by atoms with van der Waals surface area (Å²) in [5, 5.41) is 6.93. The number of ether oxygens (including phenoxy) is 2. The monoisotopic (exact) mass is 262 g/mol. The number of aromatic nitrogens is 1. The molecule has 2 aromatic rings. The molecule has 5 heteroatoms. The second kappa shape index (κ2) is 6.80. The third kappa shape index (κ3) is 3.72. The normalized spacial score (nSPS) is 10.4. The van der Waals surface area contributed by atoms with Crippen LogP contribution in [0, 0.1) is 0 Å². The zero-order chi connectivity index (χ0) is 13.5. The molecule has 0 aliphatic rings. The Balaban J connectivity index is 1.93. The van der Waals surface area contributed by atoms with E-state index in [0.717, 1.165) is 29.4 Å². The van der Waals surface area contributed by atoms with Gasteiger partial charge in [-0.3, -0.25) is 0 Å². The van der Waals surface area contributed by atoms with Crippen LogP contribution in [0.4, 0.5) is 0 Å². The number of methoxy groups -OCH3 is 1. The van der Waals surface area contributed by atoms with Crippen LogP contribution in [0.2, 0.25) is 0 Å². The van der Waals surface area contributed by atoms with Crippen LogP contribution in [0.15, 0.2) is 35.0 Å². The Morgan fingerprint density at radius 3 is 2.79 bits per heavy atom. The van der Waals surface area contributed by atoms with Crippen molar-refractivity contribution < 1.29 is 14.0 Å². The molecule has 1 aromatic carbocycles. The predicted molar refractivity (Wildman–Crippen MR) is 71.2 cm³/mol. The maximum atomic E-state index is 5.48. The third-order valence-corrected chi connectivity index (χ3v) is 2.65. The second-order valence-corrected chi connectivity index (χ2v) is 4.00. The van der Waals surface area contributed by atoms with Gasteiger partial charge in [0.25, 0.3) is 0 Å². The van der Waals surface area contributed by atoms with Crippen molar-refractivity contribution in [3.63, 3.8) is 0 Å². The Morgan fingerprint density at radius 1 is 1.21 bits per heavy atom. The Hall–Kier alpha value is -2.01. The summed E-state index contributed by atoms with van der Waals surface area (Å²) in [6.45, 7) is 3.95. The highest BCUT2D eigenvalue weighted by molar-refractivity contribution is 5.42. The Labute approximate surface area is 112 Å². The molecule has 0 fully saturated rings. The maximum Gasteiger partial charge on any atom is 0.161 e. The lowest BCUT2D eigenvalue weighted by Crippen LogP contribution is -2.12. The number of hydrogen-bond donors (Lipinski definition) is 1. The standard InChI is InChI=1S/C14H18N2O3/c1-3-18-13-5-4-11(8-14(13)17-2)9-15-10-12-6-7-16-19-12/h4-8,15H,3,9-10H2,1-2H3. The van der Waals surface area contributed by atoms with Crippen molar-refractivity contribution in [2.45, 2.75) is 20.0 Å². The summed E-state index contributed by atoms with van der Waals surface area (Å²) < 4.78 is 15.8. The summed E-state index contributed by atoms with van der Waals surface area (Å²) in [6.07, 6.45) is 1.64. The Kier molecular flexibility index (Phi) is 4.80. The summed E-state index contributed by atoms with van der Waals surface area (Å²) in [5.41, 5.74) is 1.12. The van der Waals surface area contributed by atoms with Crippen LogP contribution < -0.4 is 14.8 Å². The zero-order valence-corrected chi connectivity index (χ0v) is 11.2. The van der Waals surface area contributed by atoms with E-state index in [4.69, 9.17) is 14.0 Å². The fraction of sp³-hybridized carbons (Fsp3) is 0.357. The van der Waals surface area contributed by atoms with E-state index in [1.807, 2.05) is 31.2 Å². The molecule has 0 spiro atoms. The van der Waals surface area contributed by atoms with Gasteiger partial charge in [0.15, 0.2) is 11.5 Å². The van der Waals surface area contributed by atoms with Crippen LogP contribution in [0.25, 0.3) is 0 Å². The molecule has 2 rings (SSSR count). The Morgan fingerprint density at radius 2 is 2.11 bits per heavy atom. The van der Waals surface area contributed by atoms with Crippen molar-refractivity contribution in [2.75, 3.05) is 13.7 Å². The van der Waals surface area contributed by atoms with E-state index in [0.29, 0.717) is 13.2 Å². The summed E-state index contributed by atoms with van der Waals surface area (Å²) in [7, 11) is 1.64. The van der Waals surface area contributed by atoms with E-state index in [-0.39, 0.29) is 0 Å². The van der Waals surface area contributed by atoms with Crippen molar-refractivity contribution in [3.8, 4) is 11.5 Å². The first-order chi connectivity index (χ1) is 9.33. The van der Waals surface area contributed by atoms with Crippen molar-refractivity contribution in [1.82, 2.24) is 10.5 Å². The molecular weight excluding hydrogens is 244 g/mol. The van der Waals surface area contributed by atoms with Crippen LogP contribution in [0.5, 0.6) is 11.5 Å². The van der Waals surface area contributed by atoms with Crippen LogP contribution >= 0.6 is 0 Å². The largest absolute Gasteiger partial charge is 0.493 e. The lowest BCUT2D eigenvalue weighted by atomic mass is 10.2. The van der Waals surface area contributed by atoms with Crippen molar-refractivity contribution in [2.24, 2.45) is 0 Å². The lowest BCUT2D eigenvalue weighted by molar-refractivity contribution is 0.310. The first-order valence-corrected chi connectivity index (χ1v) is 6.23. The van der Waals surface area contributed by atoms with Crippen LogP contribution in [-0.2, 0) is 13.1 Å². The molecule has 19 heavy (non-hydrogen) atoms. The molecule has 0 aliphatic heterocycles. The van der Waals surface area contributed by atoms with Gasteiger partial charge >= 0.3 is 0 Å². The molecule has 0 saturated heterocycles. The molecule has 0 aliphatic carbocycles. The van der Waals surface area contributed by atoms with E-state index in [2.05, 4.69) is 10.5 Å². The topological polar surface area (TPSA) is 56.5 Å². The molecule has 1 aromatic heterocycles. The highest BCUT2D eigenvalue weighted by atomic mass is 16.5. The van der Waals surface area contributed by atoms with Gasteiger partial charge in [0.2, 0.25) is 0 Å². The van der Waals surface area contributed by atoms with Crippen molar-refractivity contribution in [3.05, 3.63) is 41.8 Å². The summed E-state index contributed by atoms with van der Waals surface area (Å²) in [4.78, 5) is 0. The van der Waals surface area contributed by atoms with Gasteiger partial charge in [-0.25, -0.2) is 0 Å². The van der Waals surface area contributed by atoms with E-state index in [1.54, 1.807) is 13.3 Å². The van der Waals surface area contributed by atoms with Crippen LogP contribution in [0.3, 0.4) is 0 Å². The van der Waals surface area contributed by atoms with E-state index in [1.165, 1.54) is 0 Å². The molecule has 0 radical (unpaired) electrons. The molecule has 0 amide bonds. The van der Waals surface area contributed by atoms with E-state index < -0.39 is 0 Å². The van der Waals surface area contributed by atoms with Gasteiger partial charge in [0, 0.05) is 12.6 Å². The molecular formula is C14H18N2O3. The lowest BCUT2D eigenvalue weighted by Gasteiger charge is -2.11. The van der Waals surface area contributed by atoms with Crippen LogP contribution in [0.1, 0.15) is 18.2 Å². The van der Waals surface area contributed by atoms with Crippen LogP contribution in [-0.4, -0.2) is 18.9 Å². The quantitative estimate of drug-likeness (QED) is 0.830. The van der Waals surface area contributed by atoms with E-state index >= 15 is 0 Å². The first-order valence-electron chi connectivity index (χ1n) is 6.23. The molecule has 0 atom stereocenters. The number of rotatable bonds is 7. The number of nitrogens with zero attached hydrogens (tertiary/aromatic N) is 1. The molecule has 0 bridgehead atoms. The predicted octanol–water partition coefficient (Wildman–Crippen LogP) is 2.37. The van der Waals surface area contributed by atoms with Gasteiger partial charge in [-0.2, -0.15) is 0 Å². The number of benzene rings is 1. The van der Waals surface area contributed by atoms with Gasteiger partial charge in [0.05, 0.1) is 26.5 Å². The minimum Gasteiger partial charge on any atom is -0.493 e. The van der Waals surface area contributed by atoms with E-state index in [9.17, 15) is 0 Å². The summed E-state index contributed by atoms with van der Waals surface area (Å²) >= 11 is 0. The SMILES string of the molecule is CCOc1ccc(CNCc2ccno2)cc1OC. The fourth-order valence-corrected chi connectivity index (χ4v) is 1.76. The zero-order valence-electron chi connectivity index (χ0n) is 11.2. The van der Waals surface area contributed by atoms with Gasteiger partial charge in [-0.1, -0.05) is 11.2 Å². The molecule has 0 unspecified atom stereocenters. The highest BCUT2D eigenvalue weighted by Crippen LogP contribution is 2.27. The average Bonchev–Trinajstić information content (AvgIpc) is 2.94. The smallest absolute Gasteiger partial charge is 0.161 e. The average molecular weight is 262 g/mol. The Bertz CT molecular complexity index is 497. The first kappa shape index (κ1) is 13.4. The molecule has 102 valence electrons. The minimum atomic E-state index is 0.624. The summed E-state index contributed by atoms with van der Waals surface area (Å²) in [6, 6.07) is 7.75. The third-order valence-electron chi connectivity index (χ3n) is 2.65. The fourth-order valence-electron chi connectivity index (χ4n) is 1.76. The van der Waals surface area contributed by atoms with Gasteiger partial charge in [-0.05, 0) is 24.6 Å². The maximum absolute atomic E-state index is 5.48. The van der Waals surface area contributed by atoms with Crippen molar-refractivity contribution >= 4 is 0 Å². The summed E-state index contributed by atoms with van der Waals surface area (Å²) in [5.74, 6) is 2.34. The number of nitrogens with one attached hydrogen (secondary N) is 1. The molecule has 0 saturated carbocycles. The second-order valence-electron chi connectivity index (χ2n) is 4.00. The highest BCUT2D eigenvalue weighted by Gasteiger charge is 2.05. The molecule has 5 nitrogen and oxygen atoms in total. The van der Waals surface area contributed by atoms with Gasteiger partial charge in [0.1, 0.15) is 5.76 Å². The van der Waals surface area contributed by atoms with Gasteiger partial charge in [-0.15, -0.1) is 0 Å². The number of hydrogen-bond acceptors (Lipinski definition) is 5. The van der Waals surface area contributed by atoms with Crippen molar-refractivity contribution in [1.29, 1.82) is 0 Å². The van der Waals surface area contributed by atoms with Gasteiger partial charge < -0.3 is 19.3 Å². The molecule has 1 heterocycles.